The summed E-state index contributed by atoms with van der Waals surface area (Å²) in [6.07, 6.45) is 2.18. The van der Waals surface area contributed by atoms with E-state index in [1.165, 1.54) is 5.56 Å². The Kier molecular flexibility index (Phi) is 7.61. The molecule has 5 heteroatoms. The summed E-state index contributed by atoms with van der Waals surface area (Å²) in [5.41, 5.74) is 2.85. The number of benzene rings is 3. The molecule has 3 aromatic rings. The molecule has 0 atom stereocenters. The SMILES string of the molecule is O=C(NCCc1ccc(OCc2ccccc2)cc1)C1(c2ccc(Br)cc2)CCOCC1. The molecule has 1 fully saturated rings. The van der Waals surface area contributed by atoms with E-state index in [-0.39, 0.29) is 5.91 Å². The van der Waals surface area contributed by atoms with E-state index in [1.54, 1.807) is 0 Å². The van der Waals surface area contributed by atoms with Crippen molar-refractivity contribution < 1.29 is 14.3 Å². The van der Waals surface area contributed by atoms with Gasteiger partial charge in [0, 0.05) is 24.2 Å². The molecule has 0 spiro atoms. The number of carbonyl (C=O) groups excluding carboxylic acids is 1. The Morgan fingerprint density at radius 3 is 2.28 bits per heavy atom. The zero-order chi connectivity index (χ0) is 22.2. The molecule has 1 aliphatic rings. The van der Waals surface area contributed by atoms with Crippen molar-refractivity contribution in [3.63, 3.8) is 0 Å². The van der Waals surface area contributed by atoms with Crippen LogP contribution in [0.15, 0.2) is 83.3 Å². The highest BCUT2D eigenvalue weighted by atomic mass is 79.9. The number of nitrogens with one attached hydrogen (secondary N) is 1. The van der Waals surface area contributed by atoms with Crippen LogP contribution >= 0.6 is 15.9 Å². The number of carbonyl (C=O) groups is 1. The van der Waals surface area contributed by atoms with E-state index in [4.69, 9.17) is 9.47 Å². The maximum absolute atomic E-state index is 13.3. The fraction of sp³-hybridized carbons (Fsp3) is 0.296. The fourth-order valence-corrected chi connectivity index (χ4v) is 4.38. The largest absolute Gasteiger partial charge is 0.489 e. The van der Waals surface area contributed by atoms with Gasteiger partial charge in [0.05, 0.1) is 5.41 Å². The summed E-state index contributed by atoms with van der Waals surface area (Å²) >= 11 is 3.48. The van der Waals surface area contributed by atoms with Crippen LogP contribution in [-0.4, -0.2) is 25.7 Å². The molecule has 166 valence electrons. The zero-order valence-electron chi connectivity index (χ0n) is 18.1. The van der Waals surface area contributed by atoms with Gasteiger partial charge >= 0.3 is 0 Å². The van der Waals surface area contributed by atoms with E-state index in [0.29, 0.717) is 39.2 Å². The monoisotopic (exact) mass is 493 g/mol. The van der Waals surface area contributed by atoms with Crippen molar-refractivity contribution in [2.45, 2.75) is 31.3 Å². The van der Waals surface area contributed by atoms with E-state index in [0.717, 1.165) is 27.8 Å². The van der Waals surface area contributed by atoms with Gasteiger partial charge in [-0.1, -0.05) is 70.5 Å². The summed E-state index contributed by atoms with van der Waals surface area (Å²) in [5.74, 6) is 0.934. The van der Waals surface area contributed by atoms with Crippen molar-refractivity contribution >= 4 is 21.8 Å². The first-order chi connectivity index (χ1) is 15.7. The lowest BCUT2D eigenvalue weighted by atomic mass is 9.73. The van der Waals surface area contributed by atoms with Crippen molar-refractivity contribution in [1.29, 1.82) is 0 Å². The lowest BCUT2D eigenvalue weighted by Gasteiger charge is -2.36. The molecule has 1 N–H and O–H groups in total. The molecule has 3 aromatic carbocycles. The summed E-state index contributed by atoms with van der Waals surface area (Å²) in [6, 6.07) is 26.3. The van der Waals surface area contributed by atoms with Crippen LogP contribution in [0.3, 0.4) is 0 Å². The highest BCUT2D eigenvalue weighted by Crippen LogP contribution is 2.35. The second-order valence-electron chi connectivity index (χ2n) is 8.13. The molecule has 0 radical (unpaired) electrons. The first-order valence-electron chi connectivity index (χ1n) is 11.0. The summed E-state index contributed by atoms with van der Waals surface area (Å²) in [6.45, 7) is 2.36. The normalized spacial score (nSPS) is 15.2. The van der Waals surface area contributed by atoms with Crippen molar-refractivity contribution in [1.82, 2.24) is 5.32 Å². The number of halogens is 1. The standard InChI is InChI=1S/C27H28BrNO3/c28-24-10-8-23(9-11-24)27(15-18-31-19-16-27)26(30)29-17-14-21-6-12-25(13-7-21)32-20-22-4-2-1-3-5-22/h1-13H,14-20H2,(H,29,30). The molecule has 4 nitrogen and oxygen atoms in total. The minimum atomic E-state index is -0.520. The third kappa shape index (κ3) is 5.59. The predicted octanol–water partition coefficient (Wildman–Crippen LogP) is 5.44. The van der Waals surface area contributed by atoms with Gasteiger partial charge in [-0.2, -0.15) is 0 Å². The number of hydrogen-bond donors (Lipinski definition) is 1. The van der Waals surface area contributed by atoms with E-state index < -0.39 is 5.41 Å². The molecule has 1 amide bonds. The first-order valence-corrected chi connectivity index (χ1v) is 11.8. The van der Waals surface area contributed by atoms with Crippen molar-refractivity contribution in [3.05, 3.63) is 100 Å². The molecule has 0 unspecified atom stereocenters. The average molecular weight is 494 g/mol. The van der Waals surface area contributed by atoms with Crippen molar-refractivity contribution in [2.75, 3.05) is 19.8 Å². The van der Waals surface area contributed by atoms with Gasteiger partial charge in [-0.25, -0.2) is 0 Å². The van der Waals surface area contributed by atoms with Crippen LogP contribution in [0.4, 0.5) is 0 Å². The number of ether oxygens (including phenoxy) is 2. The van der Waals surface area contributed by atoms with Gasteiger partial charge in [-0.15, -0.1) is 0 Å². The molecular formula is C27H28BrNO3. The smallest absolute Gasteiger partial charge is 0.230 e. The molecule has 1 heterocycles. The third-order valence-corrected chi connectivity index (χ3v) is 6.58. The summed E-state index contributed by atoms with van der Waals surface area (Å²) in [5, 5.41) is 3.18. The maximum atomic E-state index is 13.3. The van der Waals surface area contributed by atoms with Gasteiger partial charge < -0.3 is 14.8 Å². The quantitative estimate of drug-likeness (QED) is 0.454. The van der Waals surface area contributed by atoms with E-state index in [9.17, 15) is 4.79 Å². The molecule has 0 saturated carbocycles. The van der Waals surface area contributed by atoms with Gasteiger partial charge in [-0.05, 0) is 60.2 Å². The molecule has 0 bridgehead atoms. The van der Waals surface area contributed by atoms with Crippen molar-refractivity contribution in [3.8, 4) is 5.75 Å². The second-order valence-corrected chi connectivity index (χ2v) is 9.04. The Bertz CT molecular complexity index is 997. The fourth-order valence-electron chi connectivity index (χ4n) is 4.12. The van der Waals surface area contributed by atoms with E-state index in [2.05, 4.69) is 45.5 Å². The molecule has 0 aliphatic carbocycles. The van der Waals surface area contributed by atoms with Gasteiger partial charge in [0.2, 0.25) is 5.91 Å². The number of rotatable bonds is 8. The topological polar surface area (TPSA) is 47.6 Å². The highest BCUT2D eigenvalue weighted by Gasteiger charge is 2.41. The van der Waals surface area contributed by atoms with Gasteiger partial charge in [0.1, 0.15) is 12.4 Å². The molecular weight excluding hydrogens is 466 g/mol. The Morgan fingerprint density at radius 2 is 1.59 bits per heavy atom. The average Bonchev–Trinajstić information content (AvgIpc) is 2.85. The number of hydrogen-bond acceptors (Lipinski definition) is 3. The summed E-state index contributed by atoms with van der Waals surface area (Å²) in [4.78, 5) is 13.3. The minimum absolute atomic E-state index is 0.0888. The number of amides is 1. The van der Waals surface area contributed by atoms with Crippen LogP contribution in [0.1, 0.15) is 29.5 Å². The predicted molar refractivity (Wildman–Crippen MR) is 130 cm³/mol. The van der Waals surface area contributed by atoms with Crippen LogP contribution < -0.4 is 10.1 Å². The van der Waals surface area contributed by atoms with Gasteiger partial charge in [0.15, 0.2) is 0 Å². The molecule has 32 heavy (non-hydrogen) atoms. The van der Waals surface area contributed by atoms with E-state index in [1.807, 2.05) is 54.6 Å². The highest BCUT2D eigenvalue weighted by molar-refractivity contribution is 9.10. The van der Waals surface area contributed by atoms with Crippen molar-refractivity contribution in [2.24, 2.45) is 0 Å². The van der Waals surface area contributed by atoms with Gasteiger partial charge in [0.25, 0.3) is 0 Å². The lowest BCUT2D eigenvalue weighted by Crippen LogP contribution is -2.48. The first kappa shape index (κ1) is 22.6. The summed E-state index contributed by atoms with van der Waals surface area (Å²) in [7, 11) is 0. The third-order valence-electron chi connectivity index (χ3n) is 6.05. The Labute approximate surface area is 198 Å². The molecule has 4 rings (SSSR count). The Hall–Kier alpha value is -2.63. The van der Waals surface area contributed by atoms with Crippen LogP contribution in [0.2, 0.25) is 0 Å². The lowest BCUT2D eigenvalue weighted by molar-refractivity contribution is -0.130. The van der Waals surface area contributed by atoms with Crippen LogP contribution in [0, 0.1) is 0 Å². The summed E-state index contributed by atoms with van der Waals surface area (Å²) < 4.78 is 12.4. The zero-order valence-corrected chi connectivity index (χ0v) is 19.6. The van der Waals surface area contributed by atoms with Gasteiger partial charge in [-0.3, -0.25) is 4.79 Å². The second kappa shape index (κ2) is 10.8. The molecule has 0 aromatic heterocycles. The van der Waals surface area contributed by atoms with Crippen LogP contribution in [0.5, 0.6) is 5.75 Å². The van der Waals surface area contributed by atoms with Crippen LogP contribution in [-0.2, 0) is 28.0 Å². The Morgan fingerprint density at radius 1 is 0.906 bits per heavy atom. The Balaban J connectivity index is 1.31. The van der Waals surface area contributed by atoms with E-state index >= 15 is 0 Å². The van der Waals surface area contributed by atoms with Crippen LogP contribution in [0.25, 0.3) is 0 Å². The minimum Gasteiger partial charge on any atom is -0.489 e. The molecule has 1 aliphatic heterocycles. The molecule has 1 saturated heterocycles. The maximum Gasteiger partial charge on any atom is 0.230 e.